The lowest BCUT2D eigenvalue weighted by Crippen LogP contribution is -1.90. The Bertz CT molecular complexity index is 412. The summed E-state index contributed by atoms with van der Waals surface area (Å²) >= 11 is 0. The van der Waals surface area contributed by atoms with E-state index < -0.39 is 0 Å². The van der Waals surface area contributed by atoms with Crippen molar-refractivity contribution >= 4 is 5.78 Å². The summed E-state index contributed by atoms with van der Waals surface area (Å²) in [5.41, 5.74) is 1.48. The van der Waals surface area contributed by atoms with Crippen LogP contribution in [0.3, 0.4) is 0 Å². The highest BCUT2D eigenvalue weighted by atomic mass is 16.3. The molecule has 0 bridgehead atoms. The van der Waals surface area contributed by atoms with Crippen molar-refractivity contribution in [1.82, 2.24) is 4.98 Å². The fraction of sp³-hybridized carbons (Fsp3) is 0.100. The monoisotopic (exact) mass is 175 g/mol. The molecule has 13 heavy (non-hydrogen) atoms. The van der Waals surface area contributed by atoms with E-state index in [4.69, 9.17) is 4.42 Å². The van der Waals surface area contributed by atoms with Crippen LogP contribution in [-0.2, 0) is 0 Å². The summed E-state index contributed by atoms with van der Waals surface area (Å²) in [7, 11) is 0. The Hall–Kier alpha value is -1.77. The highest BCUT2D eigenvalue weighted by Gasteiger charge is 2.11. The van der Waals surface area contributed by atoms with Gasteiger partial charge in [0.1, 0.15) is 5.76 Å². The molecule has 0 saturated carbocycles. The minimum Gasteiger partial charge on any atom is -0.464 e. The number of hydrogen-bond acceptors (Lipinski definition) is 2. The standard InChI is InChI=1S/C10H9NO2/c1-7(12)8-5-11-6-9(8)10-3-2-4-13-10/h2-6,11H,1H3. The Labute approximate surface area is 75.4 Å². The molecule has 2 aromatic heterocycles. The van der Waals surface area contributed by atoms with Gasteiger partial charge < -0.3 is 9.40 Å². The summed E-state index contributed by atoms with van der Waals surface area (Å²) in [6.45, 7) is 1.54. The van der Waals surface area contributed by atoms with Crippen LogP contribution < -0.4 is 0 Å². The Morgan fingerprint density at radius 2 is 2.31 bits per heavy atom. The van der Waals surface area contributed by atoms with Gasteiger partial charge in [-0.25, -0.2) is 0 Å². The van der Waals surface area contributed by atoms with Crippen molar-refractivity contribution < 1.29 is 9.21 Å². The van der Waals surface area contributed by atoms with E-state index in [0.717, 1.165) is 5.56 Å². The first-order valence-electron chi connectivity index (χ1n) is 4.00. The molecular weight excluding hydrogens is 166 g/mol. The van der Waals surface area contributed by atoms with Crippen molar-refractivity contribution in [2.45, 2.75) is 6.92 Å². The van der Waals surface area contributed by atoms with Crippen molar-refractivity contribution in [2.24, 2.45) is 0 Å². The minimum absolute atomic E-state index is 0.0349. The Balaban J connectivity index is 2.52. The van der Waals surface area contributed by atoms with Gasteiger partial charge in [-0.1, -0.05) is 0 Å². The average molecular weight is 175 g/mol. The zero-order valence-electron chi connectivity index (χ0n) is 7.20. The number of rotatable bonds is 2. The molecule has 3 nitrogen and oxygen atoms in total. The smallest absolute Gasteiger partial charge is 0.162 e. The van der Waals surface area contributed by atoms with Gasteiger partial charge in [-0.2, -0.15) is 0 Å². The van der Waals surface area contributed by atoms with E-state index >= 15 is 0 Å². The summed E-state index contributed by atoms with van der Waals surface area (Å²) in [6.07, 6.45) is 5.03. The normalized spacial score (nSPS) is 10.2. The molecule has 0 amide bonds. The molecule has 0 fully saturated rings. The first-order chi connectivity index (χ1) is 6.29. The van der Waals surface area contributed by atoms with E-state index in [2.05, 4.69) is 4.98 Å². The van der Waals surface area contributed by atoms with Crippen LogP contribution in [0.25, 0.3) is 11.3 Å². The third-order valence-electron chi connectivity index (χ3n) is 1.91. The first kappa shape index (κ1) is 7.86. The molecule has 66 valence electrons. The second-order valence-corrected chi connectivity index (χ2v) is 2.82. The van der Waals surface area contributed by atoms with E-state index in [0.29, 0.717) is 11.3 Å². The molecule has 1 N–H and O–H groups in total. The van der Waals surface area contributed by atoms with Crippen LogP contribution in [0.15, 0.2) is 35.2 Å². The highest BCUT2D eigenvalue weighted by molar-refractivity contribution is 6.00. The Morgan fingerprint density at radius 3 is 2.92 bits per heavy atom. The lowest BCUT2D eigenvalue weighted by atomic mass is 10.1. The molecule has 0 aliphatic heterocycles. The van der Waals surface area contributed by atoms with Crippen LogP contribution in [0.1, 0.15) is 17.3 Å². The predicted octanol–water partition coefficient (Wildman–Crippen LogP) is 2.48. The van der Waals surface area contributed by atoms with Gasteiger partial charge in [-0.3, -0.25) is 4.79 Å². The molecule has 0 saturated heterocycles. The summed E-state index contributed by atoms with van der Waals surface area (Å²) in [4.78, 5) is 14.0. The van der Waals surface area contributed by atoms with Crippen molar-refractivity contribution in [1.29, 1.82) is 0 Å². The second-order valence-electron chi connectivity index (χ2n) is 2.82. The molecule has 0 aliphatic carbocycles. The maximum Gasteiger partial charge on any atom is 0.162 e. The zero-order chi connectivity index (χ0) is 9.26. The maximum absolute atomic E-state index is 11.2. The highest BCUT2D eigenvalue weighted by Crippen LogP contribution is 2.23. The van der Waals surface area contributed by atoms with Gasteiger partial charge in [0.15, 0.2) is 5.78 Å². The number of Topliss-reactive ketones (excluding diaryl/α,β-unsaturated/α-hetero) is 1. The van der Waals surface area contributed by atoms with Crippen LogP contribution in [0.4, 0.5) is 0 Å². The number of hydrogen-bond donors (Lipinski definition) is 1. The number of carbonyl (C=O) groups excluding carboxylic acids is 1. The van der Waals surface area contributed by atoms with E-state index in [1.807, 2.05) is 6.07 Å². The number of carbonyl (C=O) groups is 1. The van der Waals surface area contributed by atoms with E-state index in [9.17, 15) is 4.79 Å². The molecule has 0 aliphatic rings. The minimum atomic E-state index is 0.0349. The van der Waals surface area contributed by atoms with Crippen LogP contribution in [0.5, 0.6) is 0 Å². The van der Waals surface area contributed by atoms with Gasteiger partial charge in [0.2, 0.25) is 0 Å². The molecule has 2 aromatic rings. The van der Waals surface area contributed by atoms with Crippen LogP contribution >= 0.6 is 0 Å². The zero-order valence-corrected chi connectivity index (χ0v) is 7.20. The average Bonchev–Trinajstić information content (AvgIpc) is 2.74. The van der Waals surface area contributed by atoms with Crippen LogP contribution in [0.2, 0.25) is 0 Å². The molecule has 0 unspecified atom stereocenters. The summed E-state index contributed by atoms with van der Waals surface area (Å²) in [6, 6.07) is 3.63. The SMILES string of the molecule is CC(=O)c1c[nH]cc1-c1ccco1. The molecule has 0 atom stereocenters. The van der Waals surface area contributed by atoms with Gasteiger partial charge in [-0.05, 0) is 19.1 Å². The number of aromatic nitrogens is 1. The van der Waals surface area contributed by atoms with Gasteiger partial charge in [0.05, 0.1) is 6.26 Å². The molecule has 2 rings (SSSR count). The maximum atomic E-state index is 11.2. The molecule has 0 radical (unpaired) electrons. The lowest BCUT2D eigenvalue weighted by Gasteiger charge is -1.94. The number of furan rings is 1. The second kappa shape index (κ2) is 2.94. The number of aromatic amines is 1. The molecular formula is C10H9NO2. The van der Waals surface area contributed by atoms with Gasteiger partial charge in [-0.15, -0.1) is 0 Å². The quantitative estimate of drug-likeness (QED) is 0.712. The first-order valence-corrected chi connectivity index (χ1v) is 4.00. The number of H-pyrrole nitrogens is 1. The summed E-state index contributed by atoms with van der Waals surface area (Å²) in [5, 5.41) is 0. The Morgan fingerprint density at radius 1 is 1.46 bits per heavy atom. The van der Waals surface area contributed by atoms with Crippen molar-refractivity contribution in [3.05, 3.63) is 36.4 Å². The van der Waals surface area contributed by atoms with E-state index in [1.165, 1.54) is 6.92 Å². The number of ketones is 1. The molecule has 3 heteroatoms. The lowest BCUT2D eigenvalue weighted by molar-refractivity contribution is 0.101. The fourth-order valence-electron chi connectivity index (χ4n) is 1.29. The number of nitrogens with one attached hydrogen (secondary N) is 1. The topological polar surface area (TPSA) is 46.0 Å². The van der Waals surface area contributed by atoms with E-state index in [-0.39, 0.29) is 5.78 Å². The fourth-order valence-corrected chi connectivity index (χ4v) is 1.29. The van der Waals surface area contributed by atoms with Gasteiger partial charge in [0.25, 0.3) is 0 Å². The third kappa shape index (κ3) is 1.28. The summed E-state index contributed by atoms with van der Waals surface area (Å²) in [5.74, 6) is 0.749. The van der Waals surface area contributed by atoms with Crippen LogP contribution in [0, 0.1) is 0 Å². The van der Waals surface area contributed by atoms with Crippen LogP contribution in [-0.4, -0.2) is 10.8 Å². The summed E-state index contributed by atoms with van der Waals surface area (Å²) < 4.78 is 5.20. The van der Waals surface area contributed by atoms with Crippen molar-refractivity contribution in [3.8, 4) is 11.3 Å². The molecule has 0 spiro atoms. The largest absolute Gasteiger partial charge is 0.464 e. The predicted molar refractivity (Wildman–Crippen MR) is 48.5 cm³/mol. The van der Waals surface area contributed by atoms with Crippen molar-refractivity contribution in [3.63, 3.8) is 0 Å². The molecule has 2 heterocycles. The molecule has 0 aromatic carbocycles. The third-order valence-corrected chi connectivity index (χ3v) is 1.91. The van der Waals surface area contributed by atoms with Gasteiger partial charge in [0, 0.05) is 23.5 Å². The van der Waals surface area contributed by atoms with Gasteiger partial charge >= 0.3 is 0 Å². The van der Waals surface area contributed by atoms with Crippen molar-refractivity contribution in [2.75, 3.05) is 0 Å². The Kier molecular flexibility index (Phi) is 1.77. The van der Waals surface area contributed by atoms with E-state index in [1.54, 1.807) is 24.7 Å².